The highest BCUT2D eigenvalue weighted by atomic mass is 16.1. The molecule has 16 heavy (non-hydrogen) atoms. The van der Waals surface area contributed by atoms with E-state index in [4.69, 9.17) is 0 Å². The summed E-state index contributed by atoms with van der Waals surface area (Å²) in [7, 11) is 0. The molecule has 1 saturated carbocycles. The second-order valence-electron chi connectivity index (χ2n) is 4.59. The van der Waals surface area contributed by atoms with Gasteiger partial charge in [-0.25, -0.2) is 4.98 Å². The Morgan fingerprint density at radius 1 is 1.62 bits per heavy atom. The minimum Gasteiger partial charge on any atom is -0.310 e. The van der Waals surface area contributed by atoms with E-state index in [2.05, 4.69) is 29.1 Å². The highest BCUT2D eigenvalue weighted by molar-refractivity contribution is 5.06. The third kappa shape index (κ3) is 2.92. The third-order valence-corrected chi connectivity index (χ3v) is 3.04. The Kier molecular flexibility index (Phi) is 3.39. The first kappa shape index (κ1) is 11.3. The van der Waals surface area contributed by atoms with Gasteiger partial charge in [0, 0.05) is 24.6 Å². The van der Waals surface area contributed by atoms with Gasteiger partial charge in [0.2, 0.25) is 0 Å². The number of nitrogens with one attached hydrogen (secondary N) is 2. The molecule has 1 aliphatic carbocycles. The van der Waals surface area contributed by atoms with Crippen molar-refractivity contribution in [1.82, 2.24) is 15.3 Å². The van der Waals surface area contributed by atoms with Crippen molar-refractivity contribution in [3.63, 3.8) is 0 Å². The van der Waals surface area contributed by atoms with Crippen LogP contribution in [0.2, 0.25) is 0 Å². The van der Waals surface area contributed by atoms with Gasteiger partial charge in [0.15, 0.2) is 0 Å². The van der Waals surface area contributed by atoms with Crippen molar-refractivity contribution < 1.29 is 0 Å². The number of rotatable bonds is 5. The molecule has 0 aliphatic heterocycles. The van der Waals surface area contributed by atoms with Crippen molar-refractivity contribution in [2.24, 2.45) is 0 Å². The molecule has 0 radical (unpaired) electrons. The summed E-state index contributed by atoms with van der Waals surface area (Å²) in [6, 6.07) is 2.23. The zero-order valence-corrected chi connectivity index (χ0v) is 9.92. The Labute approximate surface area is 95.5 Å². The lowest BCUT2D eigenvalue weighted by Crippen LogP contribution is -2.21. The predicted molar refractivity (Wildman–Crippen MR) is 63.4 cm³/mol. The molecule has 0 bridgehead atoms. The molecule has 4 heteroatoms. The average molecular weight is 221 g/mol. The van der Waals surface area contributed by atoms with Gasteiger partial charge in [0.05, 0.1) is 5.69 Å². The molecule has 0 amide bonds. The molecule has 0 saturated heterocycles. The second-order valence-corrected chi connectivity index (χ2v) is 4.59. The summed E-state index contributed by atoms with van der Waals surface area (Å²) in [5, 5.41) is 3.37. The molecule has 1 aromatic heterocycles. The SMILES string of the molecule is CCC(C)c1nc(CNC2CC2)cc(=O)[nH]1. The van der Waals surface area contributed by atoms with Crippen LogP contribution < -0.4 is 10.9 Å². The molecule has 1 fully saturated rings. The maximum Gasteiger partial charge on any atom is 0.251 e. The van der Waals surface area contributed by atoms with E-state index in [0.717, 1.165) is 17.9 Å². The van der Waals surface area contributed by atoms with Gasteiger partial charge in [-0.15, -0.1) is 0 Å². The largest absolute Gasteiger partial charge is 0.310 e. The molecule has 0 aromatic carbocycles. The van der Waals surface area contributed by atoms with Gasteiger partial charge in [-0.1, -0.05) is 13.8 Å². The molecule has 1 atom stereocenters. The van der Waals surface area contributed by atoms with Crippen molar-refractivity contribution in [3.8, 4) is 0 Å². The maximum atomic E-state index is 11.5. The van der Waals surface area contributed by atoms with Crippen molar-refractivity contribution >= 4 is 0 Å². The normalized spacial score (nSPS) is 17.4. The van der Waals surface area contributed by atoms with Crippen LogP contribution in [0.5, 0.6) is 0 Å². The summed E-state index contributed by atoms with van der Waals surface area (Å²) in [6.07, 6.45) is 3.49. The molecular formula is C12H19N3O. The topological polar surface area (TPSA) is 57.8 Å². The van der Waals surface area contributed by atoms with Crippen LogP contribution in [0, 0.1) is 0 Å². The summed E-state index contributed by atoms with van der Waals surface area (Å²) in [6.45, 7) is 4.88. The zero-order chi connectivity index (χ0) is 11.5. The van der Waals surface area contributed by atoms with Gasteiger partial charge < -0.3 is 10.3 Å². The minimum absolute atomic E-state index is 0.0436. The molecule has 1 heterocycles. The molecular weight excluding hydrogens is 202 g/mol. The first-order chi connectivity index (χ1) is 7.69. The summed E-state index contributed by atoms with van der Waals surface area (Å²) in [4.78, 5) is 18.8. The van der Waals surface area contributed by atoms with Gasteiger partial charge >= 0.3 is 0 Å². The van der Waals surface area contributed by atoms with Gasteiger partial charge in [0.25, 0.3) is 5.56 Å². The molecule has 1 aliphatic rings. The standard InChI is InChI=1S/C12H19N3O/c1-3-8(2)12-14-10(6-11(16)15-12)7-13-9-4-5-9/h6,8-9,13H,3-5,7H2,1-2H3,(H,14,15,16). The van der Waals surface area contributed by atoms with Crippen molar-refractivity contribution in [1.29, 1.82) is 0 Å². The predicted octanol–water partition coefficient (Wildman–Crippen LogP) is 1.54. The van der Waals surface area contributed by atoms with Crippen molar-refractivity contribution in [2.45, 2.75) is 51.6 Å². The molecule has 1 unspecified atom stereocenters. The smallest absolute Gasteiger partial charge is 0.251 e. The fraction of sp³-hybridized carbons (Fsp3) is 0.667. The van der Waals surface area contributed by atoms with Crippen LogP contribution in [0.3, 0.4) is 0 Å². The van der Waals surface area contributed by atoms with E-state index >= 15 is 0 Å². The Morgan fingerprint density at radius 3 is 3.00 bits per heavy atom. The summed E-state index contributed by atoms with van der Waals surface area (Å²) >= 11 is 0. The Balaban J connectivity index is 2.10. The van der Waals surface area contributed by atoms with Crippen molar-refractivity contribution in [2.75, 3.05) is 0 Å². The maximum absolute atomic E-state index is 11.5. The number of hydrogen-bond acceptors (Lipinski definition) is 3. The molecule has 1 aromatic rings. The van der Waals surface area contributed by atoms with Crippen LogP contribution in [-0.2, 0) is 6.54 Å². The number of aromatic amines is 1. The molecule has 2 rings (SSSR count). The lowest BCUT2D eigenvalue weighted by molar-refractivity contribution is 0.636. The van der Waals surface area contributed by atoms with E-state index in [1.165, 1.54) is 12.8 Å². The fourth-order valence-electron chi connectivity index (χ4n) is 1.58. The Hall–Kier alpha value is -1.16. The zero-order valence-electron chi connectivity index (χ0n) is 9.92. The highest BCUT2D eigenvalue weighted by Crippen LogP contribution is 2.19. The summed E-state index contributed by atoms with van der Waals surface area (Å²) < 4.78 is 0. The van der Waals surface area contributed by atoms with Gasteiger partial charge in [0.1, 0.15) is 5.82 Å². The van der Waals surface area contributed by atoms with Gasteiger partial charge in [-0.05, 0) is 19.3 Å². The van der Waals surface area contributed by atoms with E-state index in [0.29, 0.717) is 18.5 Å². The van der Waals surface area contributed by atoms with E-state index in [-0.39, 0.29) is 5.56 Å². The van der Waals surface area contributed by atoms with E-state index < -0.39 is 0 Å². The van der Waals surface area contributed by atoms with E-state index in [1.807, 2.05) is 0 Å². The first-order valence-electron chi connectivity index (χ1n) is 6.02. The van der Waals surface area contributed by atoms with Crippen LogP contribution in [0.15, 0.2) is 10.9 Å². The molecule has 0 spiro atoms. The molecule has 2 N–H and O–H groups in total. The second kappa shape index (κ2) is 4.78. The summed E-state index contributed by atoms with van der Waals surface area (Å²) in [5.74, 6) is 1.12. The van der Waals surface area contributed by atoms with Crippen LogP contribution >= 0.6 is 0 Å². The van der Waals surface area contributed by atoms with Crippen LogP contribution in [0.1, 0.15) is 50.5 Å². The monoisotopic (exact) mass is 221 g/mol. The Bertz CT molecular complexity index is 409. The lowest BCUT2D eigenvalue weighted by Gasteiger charge is -2.09. The molecule has 88 valence electrons. The third-order valence-electron chi connectivity index (χ3n) is 3.04. The van der Waals surface area contributed by atoms with Gasteiger partial charge in [-0.2, -0.15) is 0 Å². The van der Waals surface area contributed by atoms with Crippen LogP contribution in [0.4, 0.5) is 0 Å². The minimum atomic E-state index is -0.0436. The first-order valence-corrected chi connectivity index (χ1v) is 6.02. The molecule has 4 nitrogen and oxygen atoms in total. The van der Waals surface area contributed by atoms with Crippen LogP contribution in [-0.4, -0.2) is 16.0 Å². The fourth-order valence-corrected chi connectivity index (χ4v) is 1.58. The van der Waals surface area contributed by atoms with E-state index in [9.17, 15) is 4.79 Å². The lowest BCUT2D eigenvalue weighted by atomic mass is 10.1. The Morgan fingerprint density at radius 2 is 2.38 bits per heavy atom. The van der Waals surface area contributed by atoms with Crippen LogP contribution in [0.25, 0.3) is 0 Å². The average Bonchev–Trinajstić information content (AvgIpc) is 3.08. The van der Waals surface area contributed by atoms with E-state index in [1.54, 1.807) is 6.07 Å². The highest BCUT2D eigenvalue weighted by Gasteiger charge is 2.20. The van der Waals surface area contributed by atoms with Gasteiger partial charge in [-0.3, -0.25) is 4.79 Å². The number of aromatic nitrogens is 2. The number of nitrogens with zero attached hydrogens (tertiary/aromatic N) is 1. The summed E-state index contributed by atoms with van der Waals surface area (Å²) in [5.41, 5.74) is 0.809. The van der Waals surface area contributed by atoms with Crippen molar-refractivity contribution in [3.05, 3.63) is 27.9 Å². The quantitative estimate of drug-likeness (QED) is 0.793. The number of hydrogen-bond donors (Lipinski definition) is 2. The number of H-pyrrole nitrogens is 1.